The lowest BCUT2D eigenvalue weighted by atomic mass is 9.89. The second-order valence-corrected chi connectivity index (χ2v) is 21.2. The Kier molecular flexibility index (Phi) is 26.5. The minimum atomic E-state index is -0.548. The fraction of sp³-hybridized carbons (Fsp3) is 0.878. The Labute approximate surface area is 405 Å². The Morgan fingerprint density at radius 2 is 0.750 bits per heavy atom. The molecule has 0 aromatic heterocycles. The monoisotopic (exact) mass is 971 g/mol. The van der Waals surface area contributed by atoms with Gasteiger partial charge in [0.05, 0.1) is 81.1 Å². The van der Waals surface area contributed by atoms with Crippen LogP contribution in [0, 0.1) is 47.3 Å². The number of carbonyl (C=O) groups is 6. The zero-order valence-electron chi connectivity index (χ0n) is 43.0. The number of ether oxygens (including phenoxy) is 2. The van der Waals surface area contributed by atoms with Gasteiger partial charge in [-0.25, -0.2) is 0 Å². The first-order chi connectivity index (χ1) is 31.7. The molecular formula is C49H90N6O13. The second-order valence-electron chi connectivity index (χ2n) is 21.2. The van der Waals surface area contributed by atoms with Crippen molar-refractivity contribution < 1.29 is 63.8 Å². The molecule has 5 aliphatic carbocycles. The van der Waals surface area contributed by atoms with Crippen molar-refractivity contribution in [1.82, 2.24) is 31.9 Å². The van der Waals surface area contributed by atoms with Gasteiger partial charge in [-0.2, -0.15) is 0 Å². The average Bonchev–Trinajstić information content (AvgIpc) is 3.78. The maximum atomic E-state index is 11.3. The highest BCUT2D eigenvalue weighted by Crippen LogP contribution is 2.44. The molecule has 0 aromatic carbocycles. The first-order valence-electron chi connectivity index (χ1n) is 25.1. The smallest absolute Gasteiger partial charge is 0.222 e. The molecule has 19 heteroatoms. The quantitative estimate of drug-likeness (QED) is 0.131. The molecular weight excluding hydrogens is 881 g/mol. The van der Waals surface area contributed by atoms with Crippen LogP contribution < -0.4 is 31.9 Å². The summed E-state index contributed by atoms with van der Waals surface area (Å²) < 4.78 is 10.2. The van der Waals surface area contributed by atoms with Crippen molar-refractivity contribution in [3.63, 3.8) is 0 Å². The lowest BCUT2D eigenvalue weighted by molar-refractivity contribution is -0.127. The van der Waals surface area contributed by atoms with Crippen molar-refractivity contribution in [2.45, 2.75) is 201 Å². The van der Waals surface area contributed by atoms with Crippen LogP contribution in [0.25, 0.3) is 0 Å². The number of hydrogen-bond acceptors (Lipinski definition) is 13. The molecule has 2 aliphatic heterocycles. The molecule has 5 saturated carbocycles. The van der Waals surface area contributed by atoms with Crippen LogP contribution >= 0.6 is 0 Å². The molecule has 68 heavy (non-hydrogen) atoms. The molecule has 0 radical (unpaired) electrons. The first-order valence-corrected chi connectivity index (χ1v) is 25.1. The third-order valence-corrected chi connectivity index (χ3v) is 12.7. The number of nitrogens with one attached hydrogen (secondary N) is 6. The van der Waals surface area contributed by atoms with Crippen LogP contribution in [0.5, 0.6) is 0 Å². The first kappa shape index (κ1) is 60.7. The largest absolute Gasteiger partial charge is 0.393 e. The molecule has 7 fully saturated rings. The second kappa shape index (κ2) is 29.7. The maximum Gasteiger partial charge on any atom is 0.222 e. The van der Waals surface area contributed by atoms with E-state index in [1.165, 1.54) is 0 Å². The molecule has 11 N–H and O–H groups in total. The Hall–Kier alpha value is -3.46. The number of aliphatic hydroxyl groups is 5. The summed E-state index contributed by atoms with van der Waals surface area (Å²) in [7, 11) is 0. The van der Waals surface area contributed by atoms with E-state index in [1.807, 2.05) is 83.1 Å². The number of aliphatic hydroxyl groups excluding tert-OH is 5. The van der Waals surface area contributed by atoms with Crippen LogP contribution in [0.4, 0.5) is 0 Å². The molecule has 7 rings (SSSR count). The third-order valence-electron chi connectivity index (χ3n) is 12.7. The molecule has 0 spiro atoms. The van der Waals surface area contributed by atoms with Gasteiger partial charge in [0.1, 0.15) is 0 Å². The summed E-state index contributed by atoms with van der Waals surface area (Å²) in [5, 5.41) is 62.5. The predicted molar refractivity (Wildman–Crippen MR) is 256 cm³/mol. The SMILES string of the molecule is CC(C)C(=O)NC1CC(O)C1.CC(C)C(=O)NC1[C@H]2COC[C@@H]12.CC(C)C(=O)N[C@H]1CCC[C@@H]1O.CC(C)C(=O)N[C@H]1CC[C@@H]1O.CC(C)C(=O)N[C@H]1COC[C@H]1O.CC(C)C(=O)N[C@H]1C[C@@H]1O. The van der Waals surface area contributed by atoms with Crippen molar-refractivity contribution in [3.8, 4) is 0 Å². The topological polar surface area (TPSA) is 294 Å². The Morgan fingerprint density at radius 3 is 1.07 bits per heavy atom. The molecule has 394 valence electrons. The van der Waals surface area contributed by atoms with Gasteiger partial charge in [-0.1, -0.05) is 83.1 Å². The summed E-state index contributed by atoms with van der Waals surface area (Å²) in [6, 6.07) is 0.480. The Morgan fingerprint density at radius 1 is 0.382 bits per heavy atom. The molecule has 0 bridgehead atoms. The van der Waals surface area contributed by atoms with Gasteiger partial charge in [-0.3, -0.25) is 28.8 Å². The van der Waals surface area contributed by atoms with Crippen LogP contribution in [0.1, 0.15) is 134 Å². The van der Waals surface area contributed by atoms with E-state index >= 15 is 0 Å². The van der Waals surface area contributed by atoms with Crippen molar-refractivity contribution >= 4 is 35.4 Å². The highest BCUT2D eigenvalue weighted by molar-refractivity contribution is 5.80. The molecule has 11 atom stereocenters. The highest BCUT2D eigenvalue weighted by atomic mass is 16.5. The normalized spacial score (nSPS) is 31.2. The van der Waals surface area contributed by atoms with Gasteiger partial charge in [-0.05, 0) is 51.4 Å². The lowest BCUT2D eigenvalue weighted by Crippen LogP contribution is -2.51. The molecule has 2 saturated heterocycles. The summed E-state index contributed by atoms with van der Waals surface area (Å²) in [6.45, 7) is 24.7. The molecule has 7 aliphatic rings. The van der Waals surface area contributed by atoms with E-state index in [1.54, 1.807) is 0 Å². The van der Waals surface area contributed by atoms with Crippen molar-refractivity contribution in [2.75, 3.05) is 26.4 Å². The van der Waals surface area contributed by atoms with E-state index in [0.29, 0.717) is 31.1 Å². The molecule has 1 unspecified atom stereocenters. The number of rotatable bonds is 12. The van der Waals surface area contributed by atoms with Gasteiger partial charge in [-0.15, -0.1) is 0 Å². The Bertz CT molecular complexity index is 1530. The molecule has 19 nitrogen and oxygen atoms in total. The van der Waals surface area contributed by atoms with Gasteiger partial charge in [0, 0.05) is 59.4 Å². The van der Waals surface area contributed by atoms with Gasteiger partial charge in [0.25, 0.3) is 0 Å². The lowest BCUT2D eigenvalue weighted by Gasteiger charge is -2.33. The Balaban J connectivity index is 0.000000280. The molecule has 0 aromatic rings. The number of amides is 6. The molecule has 6 amide bonds. The standard InChI is InChI=1S/C9H15NO2.C9H17NO2.C8H15NO3.2C8H15NO2.C7H13NO2/c1-5(2)9(11)10-8-6-3-12-4-7(6)8;1-6(2)9(12)10-7-4-3-5-8(7)11;1-5(2)8(11)9-6-3-12-4-7(6)10;1-5(2)8(11)9-6-3-7(10)4-6;1-5(2)8(11)9-6-3-4-7(6)10;1-4(2)7(10)8-5-3-6(5)9/h5-8H,3-4H2,1-2H3,(H,10,11);6-8,11H,3-5H2,1-2H3,(H,10,12);5-7,10H,3-4H2,1-2H3,(H,9,11);2*5-7,10H,3-4H2,1-2H3,(H,9,11);4-6,9H,3H2,1-2H3,(H,8,10)/t6-,7+,8?;7-,8-;6-,7+;;6-,7-;5-,6-/m.00.00/s1. The number of fused-ring (bicyclic) bond motifs is 1. The van der Waals surface area contributed by atoms with E-state index in [2.05, 4.69) is 31.9 Å². The maximum absolute atomic E-state index is 11.3. The van der Waals surface area contributed by atoms with Crippen molar-refractivity contribution in [3.05, 3.63) is 0 Å². The third kappa shape index (κ3) is 22.1. The number of hydrogen-bond donors (Lipinski definition) is 11. The van der Waals surface area contributed by atoms with E-state index < -0.39 is 6.10 Å². The van der Waals surface area contributed by atoms with Crippen LogP contribution in [0.2, 0.25) is 0 Å². The minimum Gasteiger partial charge on any atom is -0.393 e. The average molecular weight is 971 g/mol. The van der Waals surface area contributed by atoms with Gasteiger partial charge in [0.15, 0.2) is 0 Å². The predicted octanol–water partition coefficient (Wildman–Crippen LogP) is 1.05. The van der Waals surface area contributed by atoms with E-state index in [9.17, 15) is 39.0 Å². The summed E-state index contributed by atoms with van der Waals surface area (Å²) in [6.07, 6.45) is 5.00. The van der Waals surface area contributed by atoms with Crippen molar-refractivity contribution in [2.24, 2.45) is 47.3 Å². The van der Waals surface area contributed by atoms with E-state index in [-0.39, 0.29) is 126 Å². The van der Waals surface area contributed by atoms with E-state index in [4.69, 9.17) is 24.8 Å². The highest BCUT2D eigenvalue weighted by Gasteiger charge is 2.54. The van der Waals surface area contributed by atoms with Crippen molar-refractivity contribution in [1.29, 1.82) is 0 Å². The summed E-state index contributed by atoms with van der Waals surface area (Å²) >= 11 is 0. The van der Waals surface area contributed by atoms with Gasteiger partial charge >= 0.3 is 0 Å². The summed E-state index contributed by atoms with van der Waals surface area (Å²) in [5.41, 5.74) is 0. The van der Waals surface area contributed by atoms with Crippen LogP contribution in [0.15, 0.2) is 0 Å². The fourth-order valence-corrected chi connectivity index (χ4v) is 7.03. The summed E-state index contributed by atoms with van der Waals surface area (Å²) in [4.78, 5) is 66.7. The minimum absolute atomic E-state index is 0.0000926. The zero-order valence-corrected chi connectivity index (χ0v) is 43.0. The zero-order chi connectivity index (χ0) is 51.6. The summed E-state index contributed by atoms with van der Waals surface area (Å²) in [5.74, 6) is 1.73. The van der Waals surface area contributed by atoms with E-state index in [0.717, 1.165) is 64.6 Å². The fourth-order valence-electron chi connectivity index (χ4n) is 7.03. The van der Waals surface area contributed by atoms with Crippen LogP contribution in [0.3, 0.4) is 0 Å². The molecule has 2 heterocycles. The number of carbonyl (C=O) groups excluding carboxylic acids is 6. The van der Waals surface area contributed by atoms with Gasteiger partial charge in [0.2, 0.25) is 35.4 Å². The van der Waals surface area contributed by atoms with Crippen LogP contribution in [-0.4, -0.2) is 154 Å². The van der Waals surface area contributed by atoms with Crippen LogP contribution in [-0.2, 0) is 38.2 Å². The van der Waals surface area contributed by atoms with Gasteiger partial charge < -0.3 is 66.9 Å².